The van der Waals surface area contributed by atoms with Gasteiger partial charge in [-0.3, -0.25) is 0 Å². The second-order valence-corrected chi connectivity index (χ2v) is 5.20. The van der Waals surface area contributed by atoms with Gasteiger partial charge in [0.1, 0.15) is 11.6 Å². The molecule has 16 heavy (non-hydrogen) atoms. The van der Waals surface area contributed by atoms with Crippen LogP contribution in [0.2, 0.25) is 0 Å². The summed E-state index contributed by atoms with van der Waals surface area (Å²) in [4.78, 5) is 0. The third kappa shape index (κ3) is 1.36. The highest BCUT2D eigenvalue weighted by Gasteiger charge is 2.23. The van der Waals surface area contributed by atoms with Gasteiger partial charge in [-0.1, -0.05) is 0 Å². The van der Waals surface area contributed by atoms with Crippen LogP contribution in [-0.4, -0.2) is 4.57 Å². The van der Waals surface area contributed by atoms with E-state index in [0.717, 1.165) is 16.7 Å². The van der Waals surface area contributed by atoms with Crippen LogP contribution < -0.4 is 5.73 Å². The molecule has 0 radical (unpaired) electrons. The third-order valence-corrected chi connectivity index (χ3v) is 3.96. The summed E-state index contributed by atoms with van der Waals surface area (Å²) in [7, 11) is 0. The highest BCUT2D eigenvalue weighted by molar-refractivity contribution is 9.10. The van der Waals surface area contributed by atoms with Gasteiger partial charge >= 0.3 is 0 Å². The molecule has 1 fully saturated rings. The molecule has 1 heterocycles. The predicted octanol–water partition coefficient (Wildman–Crippen LogP) is 3.85. The van der Waals surface area contributed by atoms with Gasteiger partial charge in [-0.2, -0.15) is 0 Å². The summed E-state index contributed by atoms with van der Waals surface area (Å²) >= 11 is 3.22. The topological polar surface area (TPSA) is 30.9 Å². The van der Waals surface area contributed by atoms with Crippen LogP contribution in [-0.2, 0) is 0 Å². The molecule has 1 saturated carbocycles. The Hall–Kier alpha value is -1.03. The van der Waals surface area contributed by atoms with Crippen molar-refractivity contribution in [2.45, 2.75) is 25.3 Å². The van der Waals surface area contributed by atoms with Crippen LogP contribution in [0, 0.1) is 5.82 Å². The van der Waals surface area contributed by atoms with E-state index < -0.39 is 0 Å². The van der Waals surface area contributed by atoms with Crippen molar-refractivity contribution in [3.63, 3.8) is 0 Å². The molecular formula is C12H12BrFN2. The molecule has 1 aliphatic carbocycles. The van der Waals surface area contributed by atoms with Gasteiger partial charge in [-0.15, -0.1) is 0 Å². The Morgan fingerprint density at radius 3 is 2.69 bits per heavy atom. The van der Waals surface area contributed by atoms with Gasteiger partial charge < -0.3 is 10.3 Å². The normalized spacial score (nSPS) is 16.6. The second-order valence-electron chi connectivity index (χ2n) is 4.35. The predicted molar refractivity (Wildman–Crippen MR) is 66.9 cm³/mol. The SMILES string of the molecule is Nc1cc2cc(F)c(Br)cc2n1C1CCC1. The van der Waals surface area contributed by atoms with E-state index in [-0.39, 0.29) is 5.82 Å². The number of fused-ring (bicyclic) bond motifs is 1. The van der Waals surface area contributed by atoms with Crippen LogP contribution in [0.1, 0.15) is 25.3 Å². The van der Waals surface area contributed by atoms with Gasteiger partial charge in [0, 0.05) is 11.4 Å². The zero-order valence-electron chi connectivity index (χ0n) is 8.71. The Balaban J connectivity index is 2.26. The van der Waals surface area contributed by atoms with Gasteiger partial charge in [-0.25, -0.2) is 4.39 Å². The molecule has 0 bridgehead atoms. The number of nitrogens with two attached hydrogens (primary N) is 1. The fourth-order valence-corrected chi connectivity index (χ4v) is 2.63. The lowest BCUT2D eigenvalue weighted by atomic mass is 9.93. The minimum Gasteiger partial charge on any atom is -0.385 e. The summed E-state index contributed by atoms with van der Waals surface area (Å²) < 4.78 is 16.0. The van der Waals surface area contributed by atoms with Gasteiger partial charge in [0.05, 0.1) is 9.99 Å². The van der Waals surface area contributed by atoms with Crippen LogP contribution in [0.5, 0.6) is 0 Å². The Bertz CT molecular complexity index is 558. The molecule has 1 aromatic heterocycles. The first-order chi connectivity index (χ1) is 7.66. The number of hydrogen-bond acceptors (Lipinski definition) is 1. The molecule has 2 aromatic rings. The van der Waals surface area contributed by atoms with Crippen molar-refractivity contribution in [3.05, 3.63) is 28.5 Å². The van der Waals surface area contributed by atoms with Crippen LogP contribution in [0.15, 0.2) is 22.7 Å². The lowest BCUT2D eigenvalue weighted by molar-refractivity contribution is 0.325. The number of halogens is 2. The zero-order valence-corrected chi connectivity index (χ0v) is 10.3. The second kappa shape index (κ2) is 3.48. The van der Waals surface area contributed by atoms with Crippen LogP contribution in [0.4, 0.5) is 10.2 Å². The molecule has 0 unspecified atom stereocenters. The van der Waals surface area contributed by atoms with Crippen LogP contribution in [0.3, 0.4) is 0 Å². The van der Waals surface area contributed by atoms with E-state index in [0.29, 0.717) is 10.5 Å². The molecule has 0 saturated heterocycles. The fraction of sp³-hybridized carbons (Fsp3) is 0.333. The zero-order chi connectivity index (χ0) is 11.3. The van der Waals surface area contributed by atoms with Gasteiger partial charge in [0.25, 0.3) is 0 Å². The first-order valence-corrected chi connectivity index (χ1v) is 6.21. The maximum absolute atomic E-state index is 13.4. The molecule has 0 spiro atoms. The van der Waals surface area contributed by atoms with Crippen molar-refractivity contribution in [1.29, 1.82) is 0 Å². The number of nitrogens with zero attached hydrogens (tertiary/aromatic N) is 1. The molecule has 0 aliphatic heterocycles. The number of rotatable bonds is 1. The lowest BCUT2D eigenvalue weighted by Gasteiger charge is -2.29. The summed E-state index contributed by atoms with van der Waals surface area (Å²) in [5.41, 5.74) is 7.01. The van der Waals surface area contributed by atoms with Crippen molar-refractivity contribution >= 4 is 32.7 Å². The molecule has 1 aliphatic rings. The maximum Gasteiger partial charge on any atom is 0.138 e. The number of hydrogen-bond donors (Lipinski definition) is 1. The summed E-state index contributed by atoms with van der Waals surface area (Å²) in [6.45, 7) is 0. The van der Waals surface area contributed by atoms with Crippen molar-refractivity contribution in [2.75, 3.05) is 5.73 Å². The maximum atomic E-state index is 13.4. The van der Waals surface area contributed by atoms with Gasteiger partial charge in [0.15, 0.2) is 0 Å². The van der Waals surface area contributed by atoms with E-state index in [2.05, 4.69) is 20.5 Å². The average Bonchev–Trinajstić information content (AvgIpc) is 2.43. The first kappa shape index (κ1) is 10.1. The minimum absolute atomic E-state index is 0.238. The van der Waals surface area contributed by atoms with Gasteiger partial charge in [0.2, 0.25) is 0 Å². The summed E-state index contributed by atoms with van der Waals surface area (Å²) in [5.74, 6) is 0.496. The fourth-order valence-electron chi connectivity index (χ4n) is 2.30. The number of nitrogen functional groups attached to an aromatic ring is 1. The largest absolute Gasteiger partial charge is 0.385 e. The van der Waals surface area contributed by atoms with E-state index in [1.165, 1.54) is 25.3 Å². The third-order valence-electron chi connectivity index (χ3n) is 3.35. The van der Waals surface area contributed by atoms with Gasteiger partial charge in [-0.05, 0) is 53.4 Å². The van der Waals surface area contributed by atoms with Crippen molar-refractivity contribution in [1.82, 2.24) is 4.57 Å². The van der Waals surface area contributed by atoms with E-state index in [1.54, 1.807) is 0 Å². The Labute approximate surface area is 101 Å². The minimum atomic E-state index is -0.238. The lowest BCUT2D eigenvalue weighted by Crippen LogP contribution is -2.18. The Morgan fingerprint density at radius 2 is 2.06 bits per heavy atom. The number of aromatic nitrogens is 1. The monoisotopic (exact) mass is 282 g/mol. The smallest absolute Gasteiger partial charge is 0.138 e. The standard InChI is InChI=1S/C12H12BrFN2/c13-9-6-11-7(4-10(9)14)5-12(15)16(11)8-2-1-3-8/h4-6,8H,1-3,15H2. The first-order valence-electron chi connectivity index (χ1n) is 5.42. The molecular weight excluding hydrogens is 271 g/mol. The summed E-state index contributed by atoms with van der Waals surface area (Å²) in [5, 5.41) is 0.880. The Morgan fingerprint density at radius 1 is 1.31 bits per heavy atom. The number of anilines is 1. The van der Waals surface area contributed by atoms with E-state index in [9.17, 15) is 4.39 Å². The molecule has 2 N–H and O–H groups in total. The van der Waals surface area contributed by atoms with Crippen LogP contribution >= 0.6 is 15.9 Å². The highest BCUT2D eigenvalue weighted by Crippen LogP contribution is 2.38. The van der Waals surface area contributed by atoms with E-state index >= 15 is 0 Å². The van der Waals surface area contributed by atoms with Crippen molar-refractivity contribution in [2.24, 2.45) is 0 Å². The average molecular weight is 283 g/mol. The molecule has 3 rings (SSSR count). The Kier molecular flexibility index (Phi) is 2.21. The molecule has 2 nitrogen and oxygen atoms in total. The van der Waals surface area contributed by atoms with Crippen molar-refractivity contribution in [3.8, 4) is 0 Å². The van der Waals surface area contributed by atoms with Crippen LogP contribution in [0.25, 0.3) is 10.9 Å². The summed E-state index contributed by atoms with van der Waals surface area (Å²) in [6.07, 6.45) is 3.60. The molecule has 0 amide bonds. The molecule has 84 valence electrons. The molecule has 4 heteroatoms. The van der Waals surface area contributed by atoms with Crippen molar-refractivity contribution < 1.29 is 4.39 Å². The highest BCUT2D eigenvalue weighted by atomic mass is 79.9. The van der Waals surface area contributed by atoms with E-state index in [4.69, 9.17) is 5.73 Å². The number of benzene rings is 1. The molecule has 0 atom stereocenters. The summed E-state index contributed by atoms with van der Waals surface area (Å²) in [6, 6.07) is 5.70. The quantitative estimate of drug-likeness (QED) is 0.846. The van der Waals surface area contributed by atoms with E-state index in [1.807, 2.05) is 12.1 Å². The molecule has 1 aromatic carbocycles.